The number of carbonyl (C=O) groups excluding carboxylic acids is 1. The first-order valence-corrected chi connectivity index (χ1v) is 11.1. The molecule has 5 unspecified atom stereocenters. The second-order valence-electron chi connectivity index (χ2n) is 8.70. The summed E-state index contributed by atoms with van der Waals surface area (Å²) in [5.41, 5.74) is 3.51. The number of hydrogen-bond acceptors (Lipinski definition) is 6. The second kappa shape index (κ2) is 9.62. The van der Waals surface area contributed by atoms with Crippen LogP contribution in [0.2, 0.25) is 0 Å². The number of alkyl halides is 2. The van der Waals surface area contributed by atoms with Gasteiger partial charge in [-0.05, 0) is 19.3 Å². The Bertz CT molecular complexity index is 686. The molecule has 4 aliphatic rings. The van der Waals surface area contributed by atoms with Crippen LogP contribution in [0, 0.1) is 11.8 Å². The molecule has 4 N–H and O–H groups in total. The number of ether oxygens (including phenoxy) is 1. The minimum absolute atomic E-state index is 0.0685. The van der Waals surface area contributed by atoms with E-state index in [9.17, 15) is 13.6 Å². The Kier molecular flexibility index (Phi) is 6.90. The van der Waals surface area contributed by atoms with E-state index in [1.54, 1.807) is 7.11 Å². The summed E-state index contributed by atoms with van der Waals surface area (Å²) in [6, 6.07) is -1.09. The van der Waals surface area contributed by atoms with Gasteiger partial charge < -0.3 is 20.7 Å². The van der Waals surface area contributed by atoms with E-state index in [4.69, 9.17) is 4.74 Å². The Labute approximate surface area is 176 Å². The van der Waals surface area contributed by atoms with Gasteiger partial charge in [-0.1, -0.05) is 25.0 Å². The van der Waals surface area contributed by atoms with Crippen molar-refractivity contribution in [2.75, 3.05) is 33.3 Å². The molecule has 0 aromatic rings. The first kappa shape index (κ1) is 21.5. The van der Waals surface area contributed by atoms with E-state index in [1.165, 1.54) is 5.01 Å². The van der Waals surface area contributed by atoms with Crippen LogP contribution >= 0.6 is 0 Å². The number of amides is 1. The molecule has 1 saturated heterocycles. The molecular weight excluding hydrogens is 392 g/mol. The molecule has 1 aliphatic carbocycles. The zero-order chi connectivity index (χ0) is 21.1. The topological polar surface area (TPSA) is 77.7 Å². The summed E-state index contributed by atoms with van der Waals surface area (Å²) in [6.45, 7) is 2.44. The van der Waals surface area contributed by atoms with E-state index >= 15 is 0 Å². The highest BCUT2D eigenvalue weighted by Gasteiger charge is 2.45. The van der Waals surface area contributed by atoms with Crippen LogP contribution in [0.15, 0.2) is 23.5 Å². The van der Waals surface area contributed by atoms with E-state index in [1.807, 2.05) is 0 Å². The molecule has 3 heterocycles. The lowest BCUT2D eigenvalue weighted by Gasteiger charge is -2.45. The molecule has 9 heteroatoms. The van der Waals surface area contributed by atoms with Crippen molar-refractivity contribution in [2.24, 2.45) is 11.8 Å². The van der Waals surface area contributed by atoms with Crippen LogP contribution in [0.25, 0.3) is 0 Å². The van der Waals surface area contributed by atoms with Gasteiger partial charge in [0.2, 0.25) is 0 Å². The van der Waals surface area contributed by atoms with Crippen molar-refractivity contribution in [3.8, 4) is 0 Å². The zero-order valence-electron chi connectivity index (χ0n) is 17.5. The Hall–Kier alpha value is -1.71. The first-order chi connectivity index (χ1) is 14.6. The van der Waals surface area contributed by atoms with Gasteiger partial charge in [-0.25, -0.2) is 14.2 Å². The number of fused-ring (bicyclic) bond motifs is 1. The molecule has 3 aliphatic heterocycles. The molecule has 1 amide bonds. The van der Waals surface area contributed by atoms with Gasteiger partial charge in [-0.15, -0.1) is 0 Å². The highest BCUT2D eigenvalue weighted by atomic mass is 19.3. The normalized spacial score (nSPS) is 34.1. The van der Waals surface area contributed by atoms with Gasteiger partial charge >= 0.3 is 0 Å². The van der Waals surface area contributed by atoms with Crippen LogP contribution in [0.1, 0.15) is 32.1 Å². The van der Waals surface area contributed by atoms with E-state index in [-0.39, 0.29) is 36.4 Å². The Morgan fingerprint density at radius 3 is 2.93 bits per heavy atom. The van der Waals surface area contributed by atoms with Crippen molar-refractivity contribution in [1.82, 2.24) is 26.4 Å². The molecule has 4 rings (SSSR count). The third-order valence-corrected chi connectivity index (χ3v) is 6.84. The predicted octanol–water partition coefficient (Wildman–Crippen LogP) is 1.11. The fourth-order valence-electron chi connectivity index (χ4n) is 5.23. The van der Waals surface area contributed by atoms with E-state index in [2.05, 4.69) is 33.5 Å². The largest absolute Gasteiger partial charge is 0.381 e. The quantitative estimate of drug-likeness (QED) is 0.478. The monoisotopic (exact) mass is 425 g/mol. The van der Waals surface area contributed by atoms with Crippen molar-refractivity contribution in [3.63, 3.8) is 0 Å². The third kappa shape index (κ3) is 4.48. The number of rotatable bonds is 6. The summed E-state index contributed by atoms with van der Waals surface area (Å²) in [4.78, 5) is 12.9. The standard InChI is InChI=1S/C21H33F2N5O2/c1-30-18-7-3-2-6-14(18)16-9-17(19(22)23)28-20(27-16)15(12-26-28)21(29)25-11-13-5-4-8-24-10-13/h4-5,13-14,16-19,24,26-27H,2-3,6-12H2,1H3,(H,25,29). The maximum absolute atomic E-state index is 13.9. The minimum Gasteiger partial charge on any atom is -0.381 e. The smallest absolute Gasteiger partial charge is 0.260 e. The van der Waals surface area contributed by atoms with Crippen molar-refractivity contribution in [3.05, 3.63) is 23.5 Å². The summed E-state index contributed by atoms with van der Waals surface area (Å²) in [6.07, 6.45) is 6.15. The number of hydrazine groups is 1. The summed E-state index contributed by atoms with van der Waals surface area (Å²) in [5.74, 6) is 0.714. The van der Waals surface area contributed by atoms with E-state index < -0.39 is 12.5 Å². The van der Waals surface area contributed by atoms with Crippen LogP contribution in [0.5, 0.6) is 0 Å². The number of halogens is 2. The second-order valence-corrected chi connectivity index (χ2v) is 8.70. The van der Waals surface area contributed by atoms with Gasteiger partial charge in [-0.3, -0.25) is 9.80 Å². The Morgan fingerprint density at radius 1 is 1.37 bits per heavy atom. The van der Waals surface area contributed by atoms with E-state index in [0.29, 0.717) is 24.4 Å². The van der Waals surface area contributed by atoms with Crippen LogP contribution < -0.4 is 21.4 Å². The van der Waals surface area contributed by atoms with E-state index in [0.717, 1.165) is 38.8 Å². The van der Waals surface area contributed by atoms with Gasteiger partial charge in [0.05, 0.1) is 11.7 Å². The average molecular weight is 426 g/mol. The molecule has 168 valence electrons. The molecule has 30 heavy (non-hydrogen) atoms. The highest BCUT2D eigenvalue weighted by Crippen LogP contribution is 2.36. The van der Waals surface area contributed by atoms with Crippen molar-refractivity contribution in [2.45, 2.75) is 56.7 Å². The minimum atomic E-state index is -2.50. The van der Waals surface area contributed by atoms with Crippen LogP contribution in [0.4, 0.5) is 8.78 Å². The molecule has 0 bridgehead atoms. The molecular formula is C21H33F2N5O2. The maximum Gasteiger partial charge on any atom is 0.260 e. The number of hydrogen-bond donors (Lipinski definition) is 4. The molecule has 0 radical (unpaired) electrons. The molecule has 2 fully saturated rings. The van der Waals surface area contributed by atoms with Crippen molar-refractivity contribution >= 4 is 5.91 Å². The molecule has 0 spiro atoms. The zero-order valence-corrected chi connectivity index (χ0v) is 17.5. The fraction of sp³-hybridized carbons (Fsp3) is 0.762. The number of carbonyl (C=O) groups is 1. The van der Waals surface area contributed by atoms with Gasteiger partial charge in [0.1, 0.15) is 11.9 Å². The highest BCUT2D eigenvalue weighted by molar-refractivity contribution is 5.95. The van der Waals surface area contributed by atoms with Gasteiger partial charge in [0.15, 0.2) is 0 Å². The number of methoxy groups -OCH3 is 1. The van der Waals surface area contributed by atoms with Crippen LogP contribution in [0.3, 0.4) is 0 Å². The SMILES string of the molecule is COC1CCCCC1C1CC(C(F)F)N2NCC(C(=O)NCC3C=CCNC3)=C2N1. The van der Waals surface area contributed by atoms with Gasteiger partial charge in [0, 0.05) is 51.2 Å². The Morgan fingerprint density at radius 2 is 2.20 bits per heavy atom. The third-order valence-electron chi connectivity index (χ3n) is 6.84. The lowest BCUT2D eigenvalue weighted by Crippen LogP contribution is -2.59. The number of nitrogens with one attached hydrogen (secondary N) is 4. The maximum atomic E-state index is 13.9. The molecule has 5 atom stereocenters. The van der Waals surface area contributed by atoms with Crippen LogP contribution in [-0.4, -0.2) is 68.8 Å². The molecule has 7 nitrogen and oxygen atoms in total. The molecule has 1 saturated carbocycles. The summed E-state index contributed by atoms with van der Waals surface area (Å²) in [7, 11) is 1.70. The Balaban J connectivity index is 1.50. The fourth-order valence-corrected chi connectivity index (χ4v) is 5.23. The first-order valence-electron chi connectivity index (χ1n) is 11.1. The summed E-state index contributed by atoms with van der Waals surface area (Å²) >= 11 is 0. The number of nitrogens with zero attached hydrogens (tertiary/aromatic N) is 1. The average Bonchev–Trinajstić information content (AvgIpc) is 3.21. The summed E-state index contributed by atoms with van der Waals surface area (Å²) < 4.78 is 33.5. The van der Waals surface area contributed by atoms with Crippen molar-refractivity contribution in [1.29, 1.82) is 0 Å². The van der Waals surface area contributed by atoms with Gasteiger partial charge in [-0.2, -0.15) is 0 Å². The molecule has 0 aromatic carbocycles. The van der Waals surface area contributed by atoms with Crippen molar-refractivity contribution < 1.29 is 18.3 Å². The predicted molar refractivity (Wildman–Crippen MR) is 109 cm³/mol. The van der Waals surface area contributed by atoms with Crippen LogP contribution in [-0.2, 0) is 9.53 Å². The molecule has 0 aromatic heterocycles. The van der Waals surface area contributed by atoms with Gasteiger partial charge in [0.25, 0.3) is 12.3 Å². The summed E-state index contributed by atoms with van der Waals surface area (Å²) in [5, 5.41) is 11.2. The lowest BCUT2D eigenvalue weighted by molar-refractivity contribution is -0.117. The lowest BCUT2D eigenvalue weighted by atomic mass is 9.78.